The topological polar surface area (TPSA) is 138 Å². The largest absolute Gasteiger partial charge is 0.417 e. The van der Waals surface area contributed by atoms with Crippen molar-refractivity contribution in [2.75, 3.05) is 6.26 Å². The first-order valence-electron chi connectivity index (χ1n) is 8.11. The number of imidazole rings is 1. The molecule has 0 unspecified atom stereocenters. The van der Waals surface area contributed by atoms with Gasteiger partial charge in [-0.2, -0.15) is 18.4 Å². The lowest BCUT2D eigenvalue weighted by Gasteiger charge is -2.11. The van der Waals surface area contributed by atoms with Crippen LogP contribution < -0.4 is 4.72 Å². The smallest absolute Gasteiger partial charge is 0.290 e. The van der Waals surface area contributed by atoms with Crippen LogP contribution in [0.15, 0.2) is 52.6 Å². The second-order valence-corrected chi connectivity index (χ2v) is 9.81. The molecule has 0 atom stereocenters. The molecule has 0 fully saturated rings. The minimum absolute atomic E-state index is 0.0357. The monoisotopic (exact) mass is 472 g/mol. The fourth-order valence-corrected chi connectivity index (χ4v) is 4.44. The van der Waals surface area contributed by atoms with Gasteiger partial charge in [-0.05, 0) is 30.3 Å². The summed E-state index contributed by atoms with van der Waals surface area (Å²) < 4.78 is 90.8. The van der Waals surface area contributed by atoms with E-state index >= 15 is 0 Å². The van der Waals surface area contributed by atoms with E-state index in [1.165, 1.54) is 30.5 Å². The minimum atomic E-state index is -5.01. The van der Waals surface area contributed by atoms with Gasteiger partial charge in [0.25, 0.3) is 15.9 Å². The number of hydrogen-bond donors (Lipinski definition) is 1. The number of sulfone groups is 1. The fraction of sp³-hybridized carbons (Fsp3) is 0.118. The zero-order valence-electron chi connectivity index (χ0n) is 15.4. The summed E-state index contributed by atoms with van der Waals surface area (Å²) in [6, 6.07) is 7.15. The van der Waals surface area contributed by atoms with Crippen molar-refractivity contribution in [3.63, 3.8) is 0 Å². The van der Waals surface area contributed by atoms with Gasteiger partial charge < -0.3 is 0 Å². The molecule has 3 rings (SSSR count). The SMILES string of the molecule is CS(=O)(=O)c1nc(C(=O)NS(=O)(=O)c2ccc(C#N)c(C(F)(F)F)c2)c2ccccn12. The van der Waals surface area contributed by atoms with Crippen LogP contribution in [-0.4, -0.2) is 38.4 Å². The van der Waals surface area contributed by atoms with E-state index in [9.17, 15) is 34.8 Å². The second-order valence-electron chi connectivity index (χ2n) is 6.22. The van der Waals surface area contributed by atoms with Gasteiger partial charge in [-0.1, -0.05) is 6.07 Å². The lowest BCUT2D eigenvalue weighted by atomic mass is 10.1. The normalized spacial score (nSPS) is 12.5. The zero-order chi connectivity index (χ0) is 23.2. The Bertz CT molecular complexity index is 1470. The van der Waals surface area contributed by atoms with E-state index < -0.39 is 58.8 Å². The zero-order valence-corrected chi connectivity index (χ0v) is 17.0. The van der Waals surface area contributed by atoms with Crippen molar-refractivity contribution in [3.8, 4) is 6.07 Å². The molecule has 14 heteroatoms. The fourth-order valence-electron chi connectivity index (χ4n) is 2.69. The maximum Gasteiger partial charge on any atom is 0.417 e. The molecule has 2 heterocycles. The quantitative estimate of drug-likeness (QED) is 0.610. The number of pyridine rings is 1. The first-order chi connectivity index (χ1) is 14.3. The van der Waals surface area contributed by atoms with E-state index in [0.717, 1.165) is 16.7 Å². The molecule has 0 saturated heterocycles. The molecule has 0 aliphatic heterocycles. The molecule has 1 aromatic carbocycles. The molecular weight excluding hydrogens is 461 g/mol. The Balaban J connectivity index is 2.06. The highest BCUT2D eigenvalue weighted by Crippen LogP contribution is 2.33. The number of nitriles is 1. The second kappa shape index (κ2) is 7.36. The summed E-state index contributed by atoms with van der Waals surface area (Å²) in [7, 11) is -8.72. The molecule has 31 heavy (non-hydrogen) atoms. The number of nitrogens with one attached hydrogen (secondary N) is 1. The average molecular weight is 472 g/mol. The van der Waals surface area contributed by atoms with Crippen LogP contribution in [0.3, 0.4) is 0 Å². The molecular formula is C17H11F3N4O5S2. The third-order valence-electron chi connectivity index (χ3n) is 4.02. The lowest BCUT2D eigenvalue weighted by molar-refractivity contribution is -0.137. The Morgan fingerprint density at radius 3 is 2.42 bits per heavy atom. The molecule has 3 aromatic rings. The van der Waals surface area contributed by atoms with Gasteiger partial charge in [0.2, 0.25) is 15.0 Å². The lowest BCUT2D eigenvalue weighted by Crippen LogP contribution is -2.31. The van der Waals surface area contributed by atoms with Crippen LogP contribution in [0, 0.1) is 11.3 Å². The highest BCUT2D eigenvalue weighted by atomic mass is 32.2. The van der Waals surface area contributed by atoms with Crippen molar-refractivity contribution in [2.24, 2.45) is 0 Å². The predicted molar refractivity (Wildman–Crippen MR) is 99.1 cm³/mol. The third-order valence-corrected chi connectivity index (χ3v) is 6.30. The van der Waals surface area contributed by atoms with Crippen LogP contribution in [-0.2, 0) is 26.0 Å². The highest BCUT2D eigenvalue weighted by molar-refractivity contribution is 7.90. The van der Waals surface area contributed by atoms with E-state index in [0.29, 0.717) is 6.07 Å². The van der Waals surface area contributed by atoms with E-state index in [1.54, 1.807) is 4.72 Å². The number of amides is 1. The van der Waals surface area contributed by atoms with Gasteiger partial charge in [-0.15, -0.1) is 0 Å². The van der Waals surface area contributed by atoms with Gasteiger partial charge in [0, 0.05) is 12.5 Å². The summed E-state index contributed by atoms with van der Waals surface area (Å²) in [5.41, 5.74) is -2.88. The van der Waals surface area contributed by atoms with Crippen LogP contribution in [0.25, 0.3) is 5.52 Å². The van der Waals surface area contributed by atoms with Crippen molar-refractivity contribution >= 4 is 31.3 Å². The summed E-state index contributed by atoms with van der Waals surface area (Å²) in [6.07, 6.45) is -2.88. The van der Waals surface area contributed by atoms with Crippen LogP contribution >= 0.6 is 0 Å². The number of nitrogens with zero attached hydrogens (tertiary/aromatic N) is 3. The number of sulfonamides is 1. The standard InChI is InChI=1S/C17H11F3N4O5S2/c1-30(26,27)16-22-14(13-4-2-3-7-24(13)16)15(25)23-31(28,29)11-6-5-10(9-21)12(8-11)17(18,19)20/h2-8H,1H3,(H,23,25). The van der Waals surface area contributed by atoms with Gasteiger partial charge in [0.1, 0.15) is 0 Å². The molecule has 0 spiro atoms. The van der Waals surface area contributed by atoms with E-state index in [-0.39, 0.29) is 11.6 Å². The van der Waals surface area contributed by atoms with Crippen molar-refractivity contribution < 1.29 is 34.8 Å². The molecule has 2 aromatic heterocycles. The molecule has 0 aliphatic rings. The van der Waals surface area contributed by atoms with Crippen molar-refractivity contribution in [2.45, 2.75) is 16.2 Å². The number of hydrogen-bond acceptors (Lipinski definition) is 7. The number of halogens is 3. The molecule has 0 saturated carbocycles. The van der Waals surface area contributed by atoms with Gasteiger partial charge in [-0.3, -0.25) is 9.20 Å². The Kier molecular flexibility index (Phi) is 5.28. The number of alkyl halides is 3. The van der Waals surface area contributed by atoms with Crippen LogP contribution in [0.4, 0.5) is 13.2 Å². The summed E-state index contributed by atoms with van der Waals surface area (Å²) >= 11 is 0. The Hall–Kier alpha value is -3.44. The van der Waals surface area contributed by atoms with Crippen LogP contribution in [0.2, 0.25) is 0 Å². The Labute approximate surface area is 173 Å². The first kappa shape index (κ1) is 22.2. The van der Waals surface area contributed by atoms with Crippen LogP contribution in [0.1, 0.15) is 21.6 Å². The van der Waals surface area contributed by atoms with Gasteiger partial charge >= 0.3 is 6.18 Å². The highest BCUT2D eigenvalue weighted by Gasteiger charge is 2.35. The third kappa shape index (κ3) is 4.23. The summed E-state index contributed by atoms with van der Waals surface area (Å²) in [5.74, 6) is -1.35. The average Bonchev–Trinajstić information content (AvgIpc) is 3.06. The minimum Gasteiger partial charge on any atom is -0.290 e. The number of rotatable bonds is 4. The van der Waals surface area contributed by atoms with Gasteiger partial charge in [0.05, 0.1) is 27.6 Å². The van der Waals surface area contributed by atoms with E-state index in [1.807, 2.05) is 0 Å². The first-order valence-corrected chi connectivity index (χ1v) is 11.5. The summed E-state index contributed by atoms with van der Waals surface area (Å²) in [4.78, 5) is 15.3. The van der Waals surface area contributed by atoms with Crippen molar-refractivity contribution in [1.29, 1.82) is 5.26 Å². The number of carbonyl (C=O) groups is 1. The van der Waals surface area contributed by atoms with Gasteiger partial charge in [0.15, 0.2) is 5.69 Å². The molecule has 0 radical (unpaired) electrons. The maximum absolute atomic E-state index is 13.1. The van der Waals surface area contributed by atoms with Crippen molar-refractivity contribution in [3.05, 3.63) is 59.4 Å². The van der Waals surface area contributed by atoms with Crippen LogP contribution in [0.5, 0.6) is 0 Å². The molecule has 1 N–H and O–H groups in total. The number of aromatic nitrogens is 2. The molecule has 0 bridgehead atoms. The molecule has 9 nitrogen and oxygen atoms in total. The molecule has 1 amide bonds. The number of carbonyl (C=O) groups excluding carboxylic acids is 1. The summed E-state index contributed by atoms with van der Waals surface area (Å²) in [6.45, 7) is 0. The van der Waals surface area contributed by atoms with Gasteiger partial charge in [-0.25, -0.2) is 26.5 Å². The Morgan fingerprint density at radius 1 is 1.16 bits per heavy atom. The van der Waals surface area contributed by atoms with E-state index in [4.69, 9.17) is 5.26 Å². The molecule has 0 aliphatic carbocycles. The Morgan fingerprint density at radius 2 is 1.84 bits per heavy atom. The number of fused-ring (bicyclic) bond motifs is 1. The molecule has 162 valence electrons. The summed E-state index contributed by atoms with van der Waals surface area (Å²) in [5, 5.41) is 8.28. The maximum atomic E-state index is 13.1. The van der Waals surface area contributed by atoms with E-state index in [2.05, 4.69) is 4.98 Å². The van der Waals surface area contributed by atoms with Crippen molar-refractivity contribution in [1.82, 2.24) is 14.1 Å². The number of benzene rings is 1. The predicted octanol–water partition coefficient (Wildman–Crippen LogP) is 1.75.